The van der Waals surface area contributed by atoms with Crippen molar-refractivity contribution in [2.24, 2.45) is 0 Å². The fourth-order valence-corrected chi connectivity index (χ4v) is 3.22. The van der Waals surface area contributed by atoms with Crippen LogP contribution in [0.15, 0.2) is 40.4 Å². The van der Waals surface area contributed by atoms with Crippen molar-refractivity contribution < 1.29 is 9.53 Å². The summed E-state index contributed by atoms with van der Waals surface area (Å²) in [6, 6.07) is 9.59. The Morgan fingerprint density at radius 3 is 2.89 bits per heavy atom. The van der Waals surface area contributed by atoms with Gasteiger partial charge in [-0.15, -0.1) is 11.3 Å². The number of rotatable bonds is 1. The molecule has 4 heteroatoms. The van der Waals surface area contributed by atoms with Crippen LogP contribution in [-0.2, 0) is 0 Å². The molecule has 1 aromatic heterocycles. The van der Waals surface area contributed by atoms with E-state index >= 15 is 0 Å². The molecule has 0 unspecified atom stereocenters. The summed E-state index contributed by atoms with van der Waals surface area (Å²) in [4.78, 5) is 14.7. The molecule has 1 aliphatic heterocycles. The highest BCUT2D eigenvalue weighted by molar-refractivity contribution is 9.10. The summed E-state index contributed by atoms with van der Waals surface area (Å²) >= 11 is 5.06. The molecule has 0 radical (unpaired) electrons. The maximum Gasteiger partial charge on any atom is 0.196 e. The third kappa shape index (κ3) is 2.51. The van der Waals surface area contributed by atoms with Gasteiger partial charge in [-0.25, -0.2) is 0 Å². The summed E-state index contributed by atoms with van der Waals surface area (Å²) < 4.78 is 6.52. The summed E-state index contributed by atoms with van der Waals surface area (Å²) in [6.07, 6.45) is 1.92. The third-order valence-electron chi connectivity index (χ3n) is 2.94. The van der Waals surface area contributed by atoms with Crippen molar-refractivity contribution in [3.8, 4) is 5.75 Å². The van der Waals surface area contributed by atoms with Crippen molar-refractivity contribution in [1.29, 1.82) is 0 Å². The molecule has 2 heterocycles. The monoisotopic (exact) mass is 334 g/mol. The summed E-state index contributed by atoms with van der Waals surface area (Å²) in [5.41, 5.74) is 1.33. The van der Waals surface area contributed by atoms with Crippen LogP contribution in [0.2, 0.25) is 0 Å². The Bertz CT molecular complexity index is 685. The lowest BCUT2D eigenvalue weighted by molar-refractivity contribution is 0.100. The quantitative estimate of drug-likeness (QED) is 0.719. The predicted octanol–water partition coefficient (Wildman–Crippen LogP) is 4.48. The molecular weight excluding hydrogens is 324 g/mol. The number of ketones is 1. The number of hydrogen-bond donors (Lipinski definition) is 0. The van der Waals surface area contributed by atoms with Gasteiger partial charge >= 0.3 is 0 Å². The molecule has 96 valence electrons. The smallest absolute Gasteiger partial charge is 0.196 e. The van der Waals surface area contributed by atoms with Gasteiger partial charge in [-0.3, -0.25) is 4.79 Å². The van der Waals surface area contributed by atoms with E-state index in [-0.39, 0.29) is 5.78 Å². The standard InChI is InChI=1S/C15H11BrO2S/c1-9-2-4-12(19-9)6-10-8-18-14-5-3-11(16)7-13(14)15(10)17/h2-7H,8H2,1H3/b10-6+. The van der Waals surface area contributed by atoms with Gasteiger partial charge in [0, 0.05) is 19.8 Å². The van der Waals surface area contributed by atoms with Crippen LogP contribution < -0.4 is 4.74 Å². The number of aryl methyl sites for hydroxylation is 1. The Hall–Kier alpha value is -1.39. The van der Waals surface area contributed by atoms with Gasteiger partial charge in [0.05, 0.1) is 5.56 Å². The Balaban J connectivity index is 1.99. The van der Waals surface area contributed by atoms with Crippen molar-refractivity contribution in [1.82, 2.24) is 0 Å². The number of ether oxygens (including phenoxy) is 1. The molecule has 2 aromatic rings. The number of halogens is 1. The highest BCUT2D eigenvalue weighted by Gasteiger charge is 2.23. The van der Waals surface area contributed by atoms with E-state index < -0.39 is 0 Å². The summed E-state index contributed by atoms with van der Waals surface area (Å²) in [5, 5.41) is 0. The topological polar surface area (TPSA) is 26.3 Å². The Morgan fingerprint density at radius 1 is 1.32 bits per heavy atom. The minimum Gasteiger partial charge on any atom is -0.488 e. The summed E-state index contributed by atoms with van der Waals surface area (Å²) in [6.45, 7) is 2.39. The van der Waals surface area contributed by atoms with Gasteiger partial charge in [-0.2, -0.15) is 0 Å². The molecule has 0 aliphatic carbocycles. The first-order chi connectivity index (χ1) is 9.13. The highest BCUT2D eigenvalue weighted by atomic mass is 79.9. The highest BCUT2D eigenvalue weighted by Crippen LogP contribution is 2.31. The number of carbonyl (C=O) groups is 1. The van der Waals surface area contributed by atoms with Crippen LogP contribution in [0.4, 0.5) is 0 Å². The van der Waals surface area contributed by atoms with Crippen molar-refractivity contribution in [3.05, 3.63) is 55.7 Å². The zero-order valence-corrected chi connectivity index (χ0v) is 12.7. The van der Waals surface area contributed by atoms with E-state index in [1.165, 1.54) is 4.88 Å². The molecule has 0 saturated heterocycles. The van der Waals surface area contributed by atoms with Crippen molar-refractivity contribution in [3.63, 3.8) is 0 Å². The number of benzene rings is 1. The molecule has 0 saturated carbocycles. The van der Waals surface area contributed by atoms with E-state index in [0.29, 0.717) is 23.5 Å². The van der Waals surface area contributed by atoms with Crippen LogP contribution in [0, 0.1) is 6.92 Å². The summed E-state index contributed by atoms with van der Waals surface area (Å²) in [7, 11) is 0. The lowest BCUT2D eigenvalue weighted by atomic mass is 10.00. The predicted molar refractivity (Wildman–Crippen MR) is 81.0 cm³/mol. The van der Waals surface area contributed by atoms with E-state index in [0.717, 1.165) is 9.35 Å². The number of Topliss-reactive ketones (excluding diaryl/α,β-unsaturated/α-hetero) is 1. The first-order valence-electron chi connectivity index (χ1n) is 5.87. The molecule has 1 aromatic carbocycles. The molecule has 0 N–H and O–H groups in total. The Morgan fingerprint density at radius 2 is 2.16 bits per heavy atom. The first kappa shape index (κ1) is 12.6. The third-order valence-corrected chi connectivity index (χ3v) is 4.38. The van der Waals surface area contributed by atoms with Crippen LogP contribution in [0.1, 0.15) is 20.1 Å². The van der Waals surface area contributed by atoms with Crippen LogP contribution in [0.25, 0.3) is 6.08 Å². The molecule has 3 rings (SSSR count). The number of hydrogen-bond acceptors (Lipinski definition) is 3. The molecule has 0 atom stereocenters. The van der Waals surface area contributed by atoms with Crippen LogP contribution in [-0.4, -0.2) is 12.4 Å². The maximum absolute atomic E-state index is 12.4. The number of thiophene rings is 1. The number of carbonyl (C=O) groups excluding carboxylic acids is 1. The SMILES string of the molecule is Cc1ccc(/C=C2\COc3ccc(Br)cc3C2=O)s1. The van der Waals surface area contributed by atoms with Gasteiger partial charge in [-0.1, -0.05) is 15.9 Å². The van der Waals surface area contributed by atoms with Crippen LogP contribution >= 0.6 is 27.3 Å². The van der Waals surface area contributed by atoms with Crippen molar-refractivity contribution in [2.45, 2.75) is 6.92 Å². The van der Waals surface area contributed by atoms with E-state index in [2.05, 4.69) is 28.9 Å². The zero-order chi connectivity index (χ0) is 13.4. The molecule has 2 nitrogen and oxygen atoms in total. The fourth-order valence-electron chi connectivity index (χ4n) is 2.01. The average molecular weight is 335 g/mol. The summed E-state index contributed by atoms with van der Waals surface area (Å²) in [5.74, 6) is 0.710. The van der Waals surface area contributed by atoms with Crippen LogP contribution in [0.3, 0.4) is 0 Å². The Labute approximate surface area is 123 Å². The number of fused-ring (bicyclic) bond motifs is 1. The van der Waals surface area contributed by atoms with Gasteiger partial charge in [0.25, 0.3) is 0 Å². The van der Waals surface area contributed by atoms with E-state index in [9.17, 15) is 4.79 Å². The maximum atomic E-state index is 12.4. The largest absolute Gasteiger partial charge is 0.488 e. The Kier molecular flexibility index (Phi) is 3.29. The lowest BCUT2D eigenvalue weighted by Gasteiger charge is -2.18. The lowest BCUT2D eigenvalue weighted by Crippen LogP contribution is -2.18. The van der Waals surface area contributed by atoms with Gasteiger partial charge in [-0.05, 0) is 43.3 Å². The van der Waals surface area contributed by atoms with Gasteiger partial charge < -0.3 is 4.74 Å². The average Bonchev–Trinajstić information content (AvgIpc) is 2.79. The van der Waals surface area contributed by atoms with E-state index in [4.69, 9.17) is 4.74 Å². The van der Waals surface area contributed by atoms with Crippen LogP contribution in [0.5, 0.6) is 5.75 Å². The molecular formula is C15H11BrO2S. The minimum absolute atomic E-state index is 0.0496. The normalized spacial score (nSPS) is 16.3. The molecule has 1 aliphatic rings. The van der Waals surface area contributed by atoms with Crippen molar-refractivity contribution in [2.75, 3.05) is 6.61 Å². The van der Waals surface area contributed by atoms with E-state index in [1.54, 1.807) is 11.3 Å². The second-order valence-corrected chi connectivity index (χ2v) is 6.61. The second kappa shape index (κ2) is 4.94. The fraction of sp³-hybridized carbons (Fsp3) is 0.133. The minimum atomic E-state index is 0.0496. The second-order valence-electron chi connectivity index (χ2n) is 4.38. The zero-order valence-electron chi connectivity index (χ0n) is 10.3. The molecule has 19 heavy (non-hydrogen) atoms. The first-order valence-corrected chi connectivity index (χ1v) is 7.48. The van der Waals surface area contributed by atoms with Gasteiger partial charge in [0.2, 0.25) is 0 Å². The van der Waals surface area contributed by atoms with Gasteiger partial charge in [0.15, 0.2) is 5.78 Å². The molecule has 0 bridgehead atoms. The molecule has 0 fully saturated rings. The van der Waals surface area contributed by atoms with E-state index in [1.807, 2.05) is 30.3 Å². The van der Waals surface area contributed by atoms with Gasteiger partial charge in [0.1, 0.15) is 12.4 Å². The van der Waals surface area contributed by atoms with Crippen molar-refractivity contribution >= 4 is 39.1 Å². The molecule has 0 spiro atoms. The molecule has 0 amide bonds.